The Labute approximate surface area is 187 Å². The van der Waals surface area contributed by atoms with Gasteiger partial charge in [0, 0.05) is 44.1 Å². The van der Waals surface area contributed by atoms with E-state index in [-0.39, 0.29) is 5.91 Å². The van der Waals surface area contributed by atoms with Gasteiger partial charge in [0.15, 0.2) is 0 Å². The minimum Gasteiger partial charge on any atom is -0.497 e. The first-order chi connectivity index (χ1) is 15.7. The molecule has 0 bridgehead atoms. The second-order valence-electron chi connectivity index (χ2n) is 7.71. The minimum absolute atomic E-state index is 0.000321. The zero-order valence-electron chi connectivity index (χ0n) is 18.3. The Morgan fingerprint density at radius 2 is 1.78 bits per heavy atom. The molecule has 0 unspecified atom stereocenters. The number of ether oxygens (including phenoxy) is 1. The molecule has 0 atom stereocenters. The summed E-state index contributed by atoms with van der Waals surface area (Å²) in [5.41, 5.74) is 2.40. The number of amides is 1. The predicted octanol–water partition coefficient (Wildman–Crippen LogP) is 3.96. The number of aromatic nitrogens is 3. The second kappa shape index (κ2) is 10.6. The standard InChI is InChI=1S/C25H28N4O3/c1-31-21-10-7-19(8-11-21)9-13-24-27-28-25(32-24)14-12-23(30)26-16-4-17-29-18-15-20-5-2-3-6-22(20)29/h2-3,5-8,10-11,15,18H,4,9,12-14,16-17H2,1H3,(H,26,30). The van der Waals surface area contributed by atoms with Crippen LogP contribution >= 0.6 is 0 Å². The van der Waals surface area contributed by atoms with Gasteiger partial charge in [0.05, 0.1) is 7.11 Å². The Hall–Kier alpha value is -3.61. The molecular weight excluding hydrogens is 404 g/mol. The number of benzene rings is 2. The number of carbonyl (C=O) groups excluding carboxylic acids is 1. The molecule has 7 nitrogen and oxygen atoms in total. The van der Waals surface area contributed by atoms with Crippen molar-refractivity contribution in [1.29, 1.82) is 0 Å². The first-order valence-electron chi connectivity index (χ1n) is 11.0. The van der Waals surface area contributed by atoms with Crippen molar-refractivity contribution in [1.82, 2.24) is 20.1 Å². The number of nitrogens with one attached hydrogen (secondary N) is 1. The van der Waals surface area contributed by atoms with Gasteiger partial charge in [-0.15, -0.1) is 10.2 Å². The Kier molecular flexibility index (Phi) is 7.17. The molecule has 2 heterocycles. The number of methoxy groups -OCH3 is 1. The van der Waals surface area contributed by atoms with E-state index in [2.05, 4.69) is 44.5 Å². The molecular formula is C25H28N4O3. The van der Waals surface area contributed by atoms with Gasteiger partial charge >= 0.3 is 0 Å². The molecule has 2 aromatic heterocycles. The zero-order valence-corrected chi connectivity index (χ0v) is 18.3. The third-order valence-corrected chi connectivity index (χ3v) is 5.44. The third-order valence-electron chi connectivity index (χ3n) is 5.44. The molecule has 0 aliphatic heterocycles. The summed E-state index contributed by atoms with van der Waals surface area (Å²) in [4.78, 5) is 12.1. The van der Waals surface area contributed by atoms with Crippen LogP contribution in [0, 0.1) is 0 Å². The normalized spacial score (nSPS) is 11.0. The highest BCUT2D eigenvalue weighted by molar-refractivity contribution is 5.79. The lowest BCUT2D eigenvalue weighted by molar-refractivity contribution is -0.121. The summed E-state index contributed by atoms with van der Waals surface area (Å²) >= 11 is 0. The molecule has 32 heavy (non-hydrogen) atoms. The van der Waals surface area contributed by atoms with E-state index in [1.807, 2.05) is 36.4 Å². The molecule has 0 saturated carbocycles. The van der Waals surface area contributed by atoms with Crippen LogP contribution in [0.3, 0.4) is 0 Å². The molecule has 0 aliphatic carbocycles. The lowest BCUT2D eigenvalue weighted by Gasteiger charge is -2.07. The largest absolute Gasteiger partial charge is 0.497 e. The topological polar surface area (TPSA) is 82.2 Å². The van der Waals surface area contributed by atoms with E-state index in [0.29, 0.717) is 37.6 Å². The molecule has 0 radical (unpaired) electrons. The van der Waals surface area contributed by atoms with Gasteiger partial charge in [0.1, 0.15) is 5.75 Å². The fraction of sp³-hybridized carbons (Fsp3) is 0.320. The quantitative estimate of drug-likeness (QED) is 0.363. The SMILES string of the molecule is COc1ccc(CCc2nnc(CCC(=O)NCCCn3ccc4ccccc43)o2)cc1. The number of hydrogen-bond acceptors (Lipinski definition) is 5. The minimum atomic E-state index is 0.000321. The first kappa shape index (κ1) is 21.6. The van der Waals surface area contributed by atoms with Crippen molar-refractivity contribution in [3.63, 3.8) is 0 Å². The van der Waals surface area contributed by atoms with Gasteiger partial charge < -0.3 is 19.0 Å². The van der Waals surface area contributed by atoms with E-state index in [0.717, 1.165) is 25.1 Å². The number of hydrogen-bond donors (Lipinski definition) is 1. The number of aryl methyl sites for hydroxylation is 4. The predicted molar refractivity (Wildman–Crippen MR) is 123 cm³/mol. The van der Waals surface area contributed by atoms with Crippen molar-refractivity contribution < 1.29 is 13.9 Å². The van der Waals surface area contributed by atoms with Gasteiger partial charge in [-0.2, -0.15) is 0 Å². The van der Waals surface area contributed by atoms with E-state index in [1.54, 1.807) is 7.11 Å². The highest BCUT2D eigenvalue weighted by Crippen LogP contribution is 2.15. The molecule has 0 aliphatic rings. The van der Waals surface area contributed by atoms with Crippen LogP contribution in [-0.4, -0.2) is 34.3 Å². The van der Waals surface area contributed by atoms with Gasteiger partial charge in [-0.05, 0) is 48.1 Å². The van der Waals surface area contributed by atoms with E-state index in [9.17, 15) is 4.79 Å². The van der Waals surface area contributed by atoms with E-state index in [1.165, 1.54) is 16.5 Å². The number of nitrogens with zero attached hydrogens (tertiary/aromatic N) is 3. The Bertz CT molecular complexity index is 1150. The third kappa shape index (κ3) is 5.75. The van der Waals surface area contributed by atoms with Gasteiger partial charge in [-0.3, -0.25) is 4.79 Å². The fourth-order valence-corrected chi connectivity index (χ4v) is 3.66. The molecule has 0 spiro atoms. The van der Waals surface area contributed by atoms with E-state index >= 15 is 0 Å². The Morgan fingerprint density at radius 1 is 1.00 bits per heavy atom. The smallest absolute Gasteiger partial charge is 0.220 e. The lowest BCUT2D eigenvalue weighted by Crippen LogP contribution is -2.25. The summed E-state index contributed by atoms with van der Waals surface area (Å²) in [5.74, 6) is 1.93. The summed E-state index contributed by atoms with van der Waals surface area (Å²) in [5, 5.41) is 12.4. The van der Waals surface area contributed by atoms with Gasteiger partial charge in [-0.25, -0.2) is 0 Å². The second-order valence-corrected chi connectivity index (χ2v) is 7.71. The molecule has 1 N–H and O–H groups in total. The molecule has 4 aromatic rings. The maximum Gasteiger partial charge on any atom is 0.220 e. The summed E-state index contributed by atoms with van der Waals surface area (Å²) in [6, 6.07) is 18.4. The van der Waals surface area contributed by atoms with Gasteiger partial charge in [-0.1, -0.05) is 30.3 Å². The molecule has 0 fully saturated rings. The zero-order chi connectivity index (χ0) is 22.2. The van der Waals surface area contributed by atoms with Gasteiger partial charge in [0.2, 0.25) is 17.7 Å². The number of carbonyl (C=O) groups is 1. The van der Waals surface area contributed by atoms with Crippen LogP contribution in [0.5, 0.6) is 5.75 Å². The molecule has 2 aromatic carbocycles. The first-order valence-corrected chi connectivity index (χ1v) is 11.0. The molecule has 4 rings (SSSR count). The number of para-hydroxylation sites is 1. The van der Waals surface area contributed by atoms with Crippen LogP contribution < -0.4 is 10.1 Å². The highest BCUT2D eigenvalue weighted by atomic mass is 16.5. The number of rotatable bonds is 11. The molecule has 1 amide bonds. The average molecular weight is 433 g/mol. The van der Waals surface area contributed by atoms with Crippen LogP contribution in [0.25, 0.3) is 10.9 Å². The van der Waals surface area contributed by atoms with E-state index in [4.69, 9.17) is 9.15 Å². The highest BCUT2D eigenvalue weighted by Gasteiger charge is 2.09. The summed E-state index contributed by atoms with van der Waals surface area (Å²) in [6.07, 6.45) is 5.23. The maximum atomic E-state index is 12.1. The van der Waals surface area contributed by atoms with Crippen molar-refractivity contribution in [3.05, 3.63) is 78.1 Å². The Balaban J connectivity index is 1.14. The summed E-state index contributed by atoms with van der Waals surface area (Å²) in [7, 11) is 1.65. The fourth-order valence-electron chi connectivity index (χ4n) is 3.66. The average Bonchev–Trinajstić information content (AvgIpc) is 3.46. The van der Waals surface area contributed by atoms with Crippen LogP contribution in [0.1, 0.15) is 30.2 Å². The number of fused-ring (bicyclic) bond motifs is 1. The molecule has 0 saturated heterocycles. The van der Waals surface area contributed by atoms with Crippen LogP contribution in [-0.2, 0) is 30.6 Å². The lowest BCUT2D eigenvalue weighted by atomic mass is 10.1. The maximum absolute atomic E-state index is 12.1. The molecule has 166 valence electrons. The van der Waals surface area contributed by atoms with Crippen LogP contribution in [0.4, 0.5) is 0 Å². The summed E-state index contributed by atoms with van der Waals surface area (Å²) < 4.78 is 13.1. The van der Waals surface area contributed by atoms with Crippen molar-refractivity contribution >= 4 is 16.8 Å². The van der Waals surface area contributed by atoms with Gasteiger partial charge in [0.25, 0.3) is 0 Å². The monoisotopic (exact) mass is 432 g/mol. The van der Waals surface area contributed by atoms with Crippen molar-refractivity contribution in [2.75, 3.05) is 13.7 Å². The van der Waals surface area contributed by atoms with Crippen molar-refractivity contribution in [3.8, 4) is 5.75 Å². The molecule has 7 heteroatoms. The van der Waals surface area contributed by atoms with Crippen molar-refractivity contribution in [2.45, 2.75) is 38.6 Å². The van der Waals surface area contributed by atoms with Crippen molar-refractivity contribution in [2.24, 2.45) is 0 Å². The summed E-state index contributed by atoms with van der Waals surface area (Å²) in [6.45, 7) is 1.51. The van der Waals surface area contributed by atoms with E-state index < -0.39 is 0 Å². The Morgan fingerprint density at radius 3 is 2.59 bits per heavy atom. The van der Waals surface area contributed by atoms with Crippen LogP contribution in [0.15, 0.2) is 65.2 Å². The van der Waals surface area contributed by atoms with Crippen LogP contribution in [0.2, 0.25) is 0 Å².